The van der Waals surface area contributed by atoms with Crippen molar-refractivity contribution in [2.75, 3.05) is 0 Å². The van der Waals surface area contributed by atoms with E-state index in [0.717, 1.165) is 67.9 Å². The first kappa shape index (κ1) is 39.7. The molecule has 0 atom stereocenters. The molecule has 9 heteroatoms. The molecule has 1 aliphatic rings. The molecule has 0 aliphatic carbocycles. The minimum atomic E-state index is -1.64. The van der Waals surface area contributed by atoms with Crippen molar-refractivity contribution < 1.29 is 41.6 Å². The van der Waals surface area contributed by atoms with Crippen molar-refractivity contribution in [2.24, 2.45) is 0 Å². The van der Waals surface area contributed by atoms with Crippen LogP contribution in [0.5, 0.6) is 34.5 Å². The molecule has 1 aliphatic heterocycles. The molecule has 0 saturated carbocycles. The summed E-state index contributed by atoms with van der Waals surface area (Å²) in [7, 11) is -3.28. The third kappa shape index (κ3) is 13.1. The molecule has 0 N–H and O–H groups in total. The summed E-state index contributed by atoms with van der Waals surface area (Å²) in [6, 6.07) is 47.1. The van der Waals surface area contributed by atoms with Crippen LogP contribution in [0.4, 0.5) is 0 Å². The van der Waals surface area contributed by atoms with Gasteiger partial charge in [0.15, 0.2) is 0 Å². The summed E-state index contributed by atoms with van der Waals surface area (Å²) in [5.74, 6) is 4.56. The number of benzene rings is 6. The molecule has 0 radical (unpaired) electrons. The van der Waals surface area contributed by atoms with Crippen LogP contribution in [-0.2, 0) is 14.4 Å². The molecule has 1 fully saturated rings. The van der Waals surface area contributed by atoms with Crippen LogP contribution in [0.2, 0.25) is 10.8 Å². The van der Waals surface area contributed by atoms with E-state index >= 15 is 0 Å². The molecule has 7 rings (SSSR count). The van der Waals surface area contributed by atoms with Crippen molar-refractivity contribution in [3.8, 4) is 34.5 Å². The Hall–Kier alpha value is -4.53. The number of rotatable bonds is 12. The second kappa shape index (κ2) is 20.6. The van der Waals surface area contributed by atoms with Crippen molar-refractivity contribution in [2.45, 2.75) is 52.3 Å². The van der Waals surface area contributed by atoms with Gasteiger partial charge >= 0.3 is 42.4 Å². The molecule has 6 aromatic rings. The zero-order valence-corrected chi connectivity index (χ0v) is 33.7. The van der Waals surface area contributed by atoms with Crippen LogP contribution in [-0.4, -0.2) is 0 Å². The Balaban J connectivity index is 0.000000189. The normalized spacial score (nSPS) is 11.5. The Kier molecular flexibility index (Phi) is 15.5. The molecule has 0 aromatic heterocycles. The van der Waals surface area contributed by atoms with E-state index in [1.54, 1.807) is 0 Å². The van der Waals surface area contributed by atoms with E-state index in [4.69, 9.17) is 27.1 Å². The first-order valence-corrected chi connectivity index (χ1v) is 20.8. The number of aryl methyl sites for hydroxylation is 6. The molecule has 0 unspecified atom stereocenters. The number of hydrogen-bond acceptors (Lipinski definition) is 6. The SMILES string of the molecule is Cc1ccccc1OP(Oc1ccccc1C)Oc1ccccc1C.Cc1ccccc1OP(Oc1ccccc1C)Oc1ccccc1C.[CH2]1[CH2][Ni]1. The Morgan fingerprint density at radius 2 is 0.453 bits per heavy atom. The monoisotopic (exact) mass is 790 g/mol. The average molecular weight is 791 g/mol. The van der Waals surface area contributed by atoms with Gasteiger partial charge in [-0.25, -0.2) is 0 Å². The fraction of sp³-hybridized carbons (Fsp3) is 0.182. The van der Waals surface area contributed by atoms with Gasteiger partial charge in [-0.1, -0.05) is 109 Å². The zero-order valence-electron chi connectivity index (χ0n) is 30.9. The van der Waals surface area contributed by atoms with Crippen LogP contribution >= 0.6 is 17.2 Å². The molecule has 1 heterocycles. The quantitative estimate of drug-likeness (QED) is 0.0909. The summed E-state index contributed by atoms with van der Waals surface area (Å²) in [6.45, 7) is 12.0. The van der Waals surface area contributed by atoms with E-state index in [-0.39, 0.29) is 0 Å². The summed E-state index contributed by atoms with van der Waals surface area (Å²) < 4.78 is 36.5. The Morgan fingerprint density at radius 3 is 0.585 bits per heavy atom. The van der Waals surface area contributed by atoms with Gasteiger partial charge in [0.2, 0.25) is 0 Å². The standard InChI is InChI=1S/2C21H21O3P.C2H4.Ni/c2*1-16-10-4-7-13-19(16)22-25(23-20-14-8-5-11-17(20)2)24-21-15-9-6-12-18(21)3;1-2;/h2*4-15H,1-3H3;1-2H2;. The number of para-hydroxylation sites is 6. The molecule has 6 nitrogen and oxygen atoms in total. The van der Waals surface area contributed by atoms with E-state index < -0.39 is 17.2 Å². The Bertz CT molecular complexity index is 1670. The van der Waals surface area contributed by atoms with Crippen LogP contribution in [0.1, 0.15) is 33.4 Å². The van der Waals surface area contributed by atoms with Gasteiger partial charge in [0.05, 0.1) is 0 Å². The van der Waals surface area contributed by atoms with E-state index in [2.05, 4.69) is 0 Å². The van der Waals surface area contributed by atoms with Gasteiger partial charge in [-0.05, 0) is 111 Å². The molecule has 53 heavy (non-hydrogen) atoms. The van der Waals surface area contributed by atoms with Crippen molar-refractivity contribution in [3.63, 3.8) is 0 Å². The molecule has 278 valence electrons. The summed E-state index contributed by atoms with van der Waals surface area (Å²) in [6.07, 6.45) is 0. The fourth-order valence-corrected chi connectivity index (χ4v) is 6.96. The first-order valence-electron chi connectivity index (χ1n) is 17.2. The molecular formula is C44H46NiO6P2. The van der Waals surface area contributed by atoms with Crippen LogP contribution < -0.4 is 27.1 Å². The predicted molar refractivity (Wildman–Crippen MR) is 214 cm³/mol. The number of hydrogen-bond donors (Lipinski definition) is 0. The van der Waals surface area contributed by atoms with Gasteiger partial charge < -0.3 is 27.1 Å². The first-order chi connectivity index (χ1) is 25.8. The maximum atomic E-state index is 6.08. The second-order valence-electron chi connectivity index (χ2n) is 12.1. The Labute approximate surface area is 323 Å². The van der Waals surface area contributed by atoms with Crippen molar-refractivity contribution >= 4 is 17.2 Å². The molecule has 0 amide bonds. The van der Waals surface area contributed by atoms with Gasteiger partial charge in [-0.2, -0.15) is 0 Å². The average Bonchev–Trinajstić information content (AvgIpc) is 4.05. The van der Waals surface area contributed by atoms with Gasteiger partial charge in [-0.15, -0.1) is 0 Å². The summed E-state index contributed by atoms with van der Waals surface area (Å²) in [5, 5.41) is 2.88. The van der Waals surface area contributed by atoms with Gasteiger partial charge in [0.1, 0.15) is 34.5 Å². The summed E-state index contributed by atoms with van der Waals surface area (Å²) in [5.41, 5.74) is 6.23. The van der Waals surface area contributed by atoms with Crippen LogP contribution in [0, 0.1) is 41.5 Å². The van der Waals surface area contributed by atoms with E-state index in [1.807, 2.05) is 202 Å². The van der Waals surface area contributed by atoms with E-state index in [9.17, 15) is 0 Å². The van der Waals surface area contributed by atoms with Crippen molar-refractivity contribution in [3.05, 3.63) is 179 Å². The zero-order chi connectivity index (χ0) is 37.4. The fourth-order valence-electron chi connectivity index (χ4n) is 4.55. The van der Waals surface area contributed by atoms with Gasteiger partial charge in [-0.3, -0.25) is 0 Å². The van der Waals surface area contributed by atoms with Crippen molar-refractivity contribution in [1.29, 1.82) is 0 Å². The van der Waals surface area contributed by atoms with E-state index in [0.29, 0.717) is 0 Å². The maximum absolute atomic E-state index is 6.08. The van der Waals surface area contributed by atoms with Crippen LogP contribution in [0.15, 0.2) is 146 Å². The Morgan fingerprint density at radius 1 is 0.302 bits per heavy atom. The van der Waals surface area contributed by atoms with E-state index in [1.165, 1.54) is 10.8 Å². The summed E-state index contributed by atoms with van der Waals surface area (Å²) in [4.78, 5) is 0. The molecule has 0 spiro atoms. The van der Waals surface area contributed by atoms with Gasteiger partial charge in [0.25, 0.3) is 0 Å². The third-order valence-corrected chi connectivity index (χ3v) is 10.3. The second-order valence-corrected chi connectivity index (χ2v) is 15.5. The van der Waals surface area contributed by atoms with Crippen LogP contribution in [0.3, 0.4) is 0 Å². The van der Waals surface area contributed by atoms with Crippen molar-refractivity contribution in [1.82, 2.24) is 0 Å². The topological polar surface area (TPSA) is 55.4 Å². The van der Waals surface area contributed by atoms with Gasteiger partial charge in [0, 0.05) is 0 Å². The molecule has 1 saturated heterocycles. The molecule has 0 bridgehead atoms. The van der Waals surface area contributed by atoms with Crippen LogP contribution in [0.25, 0.3) is 0 Å². The molecular weight excluding hydrogens is 745 g/mol. The molecule has 6 aromatic carbocycles. The minimum absolute atomic E-state index is 0.760. The third-order valence-electron chi connectivity index (χ3n) is 7.76. The predicted octanol–water partition coefficient (Wildman–Crippen LogP) is 13.7. The summed E-state index contributed by atoms with van der Waals surface area (Å²) >= 11 is 1.88.